The molecule has 0 unspecified atom stereocenters. The van der Waals surface area contributed by atoms with Crippen molar-refractivity contribution in [1.29, 1.82) is 0 Å². The van der Waals surface area contributed by atoms with Crippen LogP contribution in [0.4, 0.5) is 4.39 Å². The van der Waals surface area contributed by atoms with Gasteiger partial charge < -0.3 is 9.72 Å². The predicted octanol–water partition coefficient (Wildman–Crippen LogP) is 6.76. The number of pyridine rings is 2. The molecule has 0 spiro atoms. The van der Waals surface area contributed by atoms with Gasteiger partial charge in [0, 0.05) is 47.5 Å². The Hall–Kier alpha value is -4.56. The van der Waals surface area contributed by atoms with Crippen molar-refractivity contribution in [2.45, 2.75) is 19.8 Å². The van der Waals surface area contributed by atoms with Crippen LogP contribution in [-0.2, 0) is 0 Å². The molecule has 2 N–H and O–H groups in total. The highest BCUT2D eigenvalue weighted by Gasteiger charge is 2.17. The normalized spacial score (nSPS) is 13.9. The van der Waals surface area contributed by atoms with Gasteiger partial charge in [0.05, 0.1) is 11.2 Å². The van der Waals surface area contributed by atoms with E-state index in [2.05, 4.69) is 49.1 Å². The van der Waals surface area contributed by atoms with Gasteiger partial charge in [-0.25, -0.2) is 9.37 Å². The molecule has 1 aliphatic heterocycles. The fourth-order valence-electron chi connectivity index (χ4n) is 5.66. The number of benzene rings is 2. The maximum absolute atomic E-state index is 14.7. The fourth-order valence-corrected chi connectivity index (χ4v) is 5.66. The number of aromatic nitrogens is 5. The van der Waals surface area contributed by atoms with Crippen molar-refractivity contribution in [2.75, 3.05) is 26.2 Å². The summed E-state index contributed by atoms with van der Waals surface area (Å²) in [5.74, 6) is 0.206. The second kappa shape index (κ2) is 10.2. The molecule has 5 heterocycles. The molecule has 0 saturated carbocycles. The highest BCUT2D eigenvalue weighted by atomic mass is 19.1. The number of hydrogen-bond acceptors (Lipinski definition) is 5. The maximum atomic E-state index is 14.7. The van der Waals surface area contributed by atoms with Crippen molar-refractivity contribution in [1.82, 2.24) is 30.0 Å². The molecule has 0 aliphatic carbocycles. The Balaban J connectivity index is 1.24. The van der Waals surface area contributed by atoms with Gasteiger partial charge in [0.1, 0.15) is 29.5 Å². The fraction of sp³-hybridized carbons (Fsp3) is 0.219. The van der Waals surface area contributed by atoms with Crippen molar-refractivity contribution < 1.29 is 9.13 Å². The average Bonchev–Trinajstić information content (AvgIpc) is 3.72. The number of rotatable bonds is 7. The van der Waals surface area contributed by atoms with Gasteiger partial charge in [0.25, 0.3) is 0 Å². The van der Waals surface area contributed by atoms with E-state index >= 15 is 0 Å². The lowest BCUT2D eigenvalue weighted by Gasteiger charge is -2.15. The van der Waals surface area contributed by atoms with E-state index in [9.17, 15) is 4.39 Å². The van der Waals surface area contributed by atoms with Crippen LogP contribution >= 0.6 is 0 Å². The number of nitrogens with zero attached hydrogens (tertiary/aromatic N) is 4. The summed E-state index contributed by atoms with van der Waals surface area (Å²) in [5, 5.41) is 9.67. The predicted molar refractivity (Wildman–Crippen MR) is 156 cm³/mol. The molecule has 7 rings (SSSR count). The van der Waals surface area contributed by atoms with Crippen LogP contribution in [0, 0.1) is 12.7 Å². The van der Waals surface area contributed by atoms with Crippen LogP contribution in [0.2, 0.25) is 0 Å². The first-order chi connectivity index (χ1) is 19.6. The Morgan fingerprint density at radius 1 is 0.925 bits per heavy atom. The lowest BCUT2D eigenvalue weighted by molar-refractivity contribution is 0.237. The van der Waals surface area contributed by atoms with E-state index in [-0.39, 0.29) is 5.82 Å². The Kier molecular flexibility index (Phi) is 6.24. The van der Waals surface area contributed by atoms with E-state index in [4.69, 9.17) is 4.74 Å². The first-order valence-electron chi connectivity index (χ1n) is 13.7. The van der Waals surface area contributed by atoms with Crippen molar-refractivity contribution in [2.24, 2.45) is 0 Å². The van der Waals surface area contributed by atoms with E-state index in [1.54, 1.807) is 18.5 Å². The number of aromatic amines is 2. The minimum Gasteiger partial charge on any atom is -0.492 e. The summed E-state index contributed by atoms with van der Waals surface area (Å²) in [6, 6.07) is 17.1. The van der Waals surface area contributed by atoms with Crippen LogP contribution < -0.4 is 4.74 Å². The minimum atomic E-state index is -0.328. The average molecular weight is 533 g/mol. The number of aryl methyl sites for hydroxylation is 1. The van der Waals surface area contributed by atoms with Gasteiger partial charge >= 0.3 is 0 Å². The van der Waals surface area contributed by atoms with Crippen LogP contribution in [-0.4, -0.2) is 56.3 Å². The first-order valence-corrected chi connectivity index (χ1v) is 13.7. The summed E-state index contributed by atoms with van der Waals surface area (Å²) >= 11 is 0. The molecule has 0 bridgehead atoms. The highest BCUT2D eigenvalue weighted by Crippen LogP contribution is 2.36. The molecule has 40 heavy (non-hydrogen) atoms. The maximum Gasteiger partial charge on any atom is 0.138 e. The van der Waals surface area contributed by atoms with E-state index in [0.717, 1.165) is 75.1 Å². The van der Waals surface area contributed by atoms with Crippen molar-refractivity contribution in [3.05, 3.63) is 84.6 Å². The molecule has 1 aliphatic rings. The summed E-state index contributed by atoms with van der Waals surface area (Å²) < 4.78 is 20.7. The van der Waals surface area contributed by atoms with Gasteiger partial charge in [-0.05, 0) is 97.6 Å². The second-order valence-electron chi connectivity index (χ2n) is 10.4. The largest absolute Gasteiger partial charge is 0.492 e. The molecule has 0 amide bonds. The number of ether oxygens (including phenoxy) is 1. The lowest BCUT2D eigenvalue weighted by atomic mass is 10.0. The molecule has 4 aromatic heterocycles. The summed E-state index contributed by atoms with van der Waals surface area (Å²) in [6.45, 7) is 5.69. The zero-order chi connectivity index (χ0) is 27.1. The SMILES string of the molecule is Cc1ccncc1-c1ccc2[nH]nc(-c3cc4c(-c5cc(F)cc(OCCN6CCCC6)c5)ccnc4[nH]3)c2c1. The third kappa shape index (κ3) is 4.60. The first kappa shape index (κ1) is 24.5. The zero-order valence-corrected chi connectivity index (χ0v) is 22.2. The van der Waals surface area contributed by atoms with Gasteiger partial charge in [0.2, 0.25) is 0 Å². The molecule has 1 fully saturated rings. The van der Waals surface area contributed by atoms with Crippen LogP contribution in [0.1, 0.15) is 18.4 Å². The quantitative estimate of drug-likeness (QED) is 0.237. The summed E-state index contributed by atoms with van der Waals surface area (Å²) in [6.07, 6.45) is 7.90. The molecule has 6 aromatic rings. The Morgan fingerprint density at radius 2 is 1.82 bits per heavy atom. The Labute approximate surface area is 231 Å². The Morgan fingerprint density at radius 3 is 2.70 bits per heavy atom. The molecule has 1 saturated heterocycles. The lowest BCUT2D eigenvalue weighted by Crippen LogP contribution is -2.25. The van der Waals surface area contributed by atoms with E-state index in [0.29, 0.717) is 18.0 Å². The van der Waals surface area contributed by atoms with Crippen LogP contribution in [0.25, 0.3) is 55.6 Å². The summed E-state index contributed by atoms with van der Waals surface area (Å²) in [5.41, 5.74) is 8.23. The van der Waals surface area contributed by atoms with Gasteiger partial charge in [-0.3, -0.25) is 15.0 Å². The highest BCUT2D eigenvalue weighted by molar-refractivity contribution is 6.00. The number of hydrogen-bond donors (Lipinski definition) is 2. The topological polar surface area (TPSA) is 82.7 Å². The number of fused-ring (bicyclic) bond motifs is 2. The molecule has 0 radical (unpaired) electrons. The van der Waals surface area contributed by atoms with Crippen molar-refractivity contribution in [3.8, 4) is 39.4 Å². The van der Waals surface area contributed by atoms with Crippen molar-refractivity contribution >= 4 is 21.9 Å². The molecule has 0 atom stereocenters. The molecule has 200 valence electrons. The number of halogens is 1. The Bertz CT molecular complexity index is 1830. The molecular weight excluding hydrogens is 503 g/mol. The number of nitrogens with one attached hydrogen (secondary N) is 2. The second-order valence-corrected chi connectivity index (χ2v) is 10.4. The smallest absolute Gasteiger partial charge is 0.138 e. The van der Waals surface area contributed by atoms with E-state index in [1.807, 2.05) is 36.5 Å². The van der Waals surface area contributed by atoms with Gasteiger partial charge in [-0.1, -0.05) is 6.07 Å². The van der Waals surface area contributed by atoms with Crippen molar-refractivity contribution in [3.63, 3.8) is 0 Å². The van der Waals surface area contributed by atoms with Gasteiger partial charge in [0.15, 0.2) is 0 Å². The monoisotopic (exact) mass is 532 g/mol. The number of likely N-dealkylation sites (tertiary alicyclic amines) is 1. The standard InChI is InChI=1S/C32H29FN6O/c1-20-6-8-34-19-28(20)21-4-5-29-27(16-21)31(38-37-29)30-18-26-25(7-9-35-32(26)36-30)22-14-23(33)17-24(15-22)40-13-12-39-10-2-3-11-39/h4-9,14-19H,2-3,10-13H2,1H3,(H,35,36)(H,37,38). The molecular formula is C32H29FN6O. The van der Waals surface area contributed by atoms with Gasteiger partial charge in [-0.2, -0.15) is 5.10 Å². The third-order valence-corrected chi connectivity index (χ3v) is 7.76. The summed E-state index contributed by atoms with van der Waals surface area (Å²) in [7, 11) is 0. The third-order valence-electron chi connectivity index (χ3n) is 7.76. The number of H-pyrrole nitrogens is 2. The molecule has 7 nitrogen and oxygen atoms in total. The van der Waals surface area contributed by atoms with Crippen LogP contribution in [0.5, 0.6) is 5.75 Å². The summed E-state index contributed by atoms with van der Waals surface area (Å²) in [4.78, 5) is 14.7. The van der Waals surface area contributed by atoms with E-state index < -0.39 is 0 Å². The van der Waals surface area contributed by atoms with Crippen LogP contribution in [0.3, 0.4) is 0 Å². The van der Waals surface area contributed by atoms with Crippen LogP contribution in [0.15, 0.2) is 73.2 Å². The van der Waals surface area contributed by atoms with E-state index in [1.165, 1.54) is 18.9 Å². The zero-order valence-electron chi connectivity index (χ0n) is 22.2. The molecule has 8 heteroatoms. The minimum absolute atomic E-state index is 0.328. The molecule has 2 aromatic carbocycles. The van der Waals surface area contributed by atoms with Gasteiger partial charge in [-0.15, -0.1) is 0 Å².